The Kier molecular flexibility index (Phi) is 3.08. The molecule has 9 heavy (non-hydrogen) atoms. The molecule has 1 nitrogen and oxygen atoms in total. The zero-order valence-corrected chi connectivity index (χ0v) is 6.97. The van der Waals surface area contributed by atoms with E-state index in [0.717, 1.165) is 6.42 Å². The van der Waals surface area contributed by atoms with Gasteiger partial charge in [-0.3, -0.25) is 0 Å². The van der Waals surface area contributed by atoms with Crippen molar-refractivity contribution in [2.45, 2.75) is 6.42 Å². The van der Waals surface area contributed by atoms with E-state index in [1.807, 2.05) is 23.3 Å². The molecule has 1 aromatic heterocycles. The number of hydrogen-bond donors (Lipinski definition) is 0. The quantitative estimate of drug-likeness (QED) is 0.669. The van der Waals surface area contributed by atoms with Crippen LogP contribution in [0.1, 0.15) is 5.01 Å². The van der Waals surface area contributed by atoms with Gasteiger partial charge in [-0.25, -0.2) is 4.98 Å². The molecular weight excluding hydrogens is 150 g/mol. The molecule has 0 saturated carbocycles. The summed E-state index contributed by atoms with van der Waals surface area (Å²) in [4.78, 5) is 4.16. The molecule has 0 amide bonds. The molecule has 0 bridgehead atoms. The van der Waals surface area contributed by atoms with E-state index in [4.69, 9.17) is 0 Å². The van der Waals surface area contributed by atoms with Crippen molar-refractivity contribution < 1.29 is 0 Å². The standard InChI is InChI=1S/C6H9NS2/c1-8-4-2-6-7-3-5-9-6/h3,5H,2,4H2,1H3. The Morgan fingerprint density at radius 3 is 3.22 bits per heavy atom. The molecule has 0 aliphatic rings. The average Bonchev–Trinajstić information content (AvgIpc) is 2.34. The molecule has 0 spiro atoms. The number of nitrogens with zero attached hydrogens (tertiary/aromatic N) is 1. The van der Waals surface area contributed by atoms with Gasteiger partial charge >= 0.3 is 0 Å². The molecule has 0 atom stereocenters. The first kappa shape index (κ1) is 7.09. The second kappa shape index (κ2) is 3.90. The molecule has 3 heteroatoms. The van der Waals surface area contributed by atoms with Crippen LogP contribution in [-0.4, -0.2) is 17.0 Å². The van der Waals surface area contributed by atoms with Gasteiger partial charge in [-0.1, -0.05) is 0 Å². The molecule has 0 radical (unpaired) electrons. The van der Waals surface area contributed by atoms with E-state index in [9.17, 15) is 0 Å². The van der Waals surface area contributed by atoms with Crippen molar-refractivity contribution in [1.29, 1.82) is 0 Å². The fraction of sp³-hybridized carbons (Fsp3) is 0.500. The van der Waals surface area contributed by atoms with Crippen LogP contribution in [0.3, 0.4) is 0 Å². The summed E-state index contributed by atoms with van der Waals surface area (Å²) in [5.41, 5.74) is 0. The fourth-order valence-corrected chi connectivity index (χ4v) is 1.71. The van der Waals surface area contributed by atoms with Crippen LogP contribution in [0, 0.1) is 0 Å². The average molecular weight is 159 g/mol. The minimum Gasteiger partial charge on any atom is -0.250 e. The normalized spacial score (nSPS) is 9.89. The number of thioether (sulfide) groups is 1. The van der Waals surface area contributed by atoms with Gasteiger partial charge in [0.15, 0.2) is 0 Å². The van der Waals surface area contributed by atoms with E-state index in [1.165, 1.54) is 10.8 Å². The Morgan fingerprint density at radius 2 is 2.67 bits per heavy atom. The first-order valence-electron chi connectivity index (χ1n) is 2.81. The van der Waals surface area contributed by atoms with E-state index >= 15 is 0 Å². The number of aryl methyl sites for hydroxylation is 1. The van der Waals surface area contributed by atoms with Gasteiger partial charge < -0.3 is 0 Å². The number of rotatable bonds is 3. The molecule has 0 aromatic carbocycles. The maximum Gasteiger partial charge on any atom is 0.0933 e. The number of thiazole rings is 1. The van der Waals surface area contributed by atoms with Gasteiger partial charge in [0.05, 0.1) is 5.01 Å². The Balaban J connectivity index is 2.30. The van der Waals surface area contributed by atoms with Crippen LogP contribution in [0.4, 0.5) is 0 Å². The van der Waals surface area contributed by atoms with Crippen LogP contribution in [-0.2, 0) is 6.42 Å². The highest BCUT2D eigenvalue weighted by atomic mass is 32.2. The molecule has 0 aliphatic heterocycles. The van der Waals surface area contributed by atoms with Crippen molar-refractivity contribution in [1.82, 2.24) is 4.98 Å². The summed E-state index contributed by atoms with van der Waals surface area (Å²) in [7, 11) is 0. The molecule has 0 N–H and O–H groups in total. The summed E-state index contributed by atoms with van der Waals surface area (Å²) in [5, 5.41) is 3.28. The molecule has 0 aliphatic carbocycles. The van der Waals surface area contributed by atoms with Gasteiger partial charge in [0.1, 0.15) is 0 Å². The lowest BCUT2D eigenvalue weighted by molar-refractivity contribution is 1.11. The van der Waals surface area contributed by atoms with Crippen LogP contribution in [0.5, 0.6) is 0 Å². The molecule has 1 aromatic rings. The first-order valence-corrected chi connectivity index (χ1v) is 5.08. The van der Waals surface area contributed by atoms with Crippen LogP contribution in [0.2, 0.25) is 0 Å². The van der Waals surface area contributed by atoms with Gasteiger partial charge in [0.25, 0.3) is 0 Å². The van der Waals surface area contributed by atoms with E-state index in [-0.39, 0.29) is 0 Å². The third kappa shape index (κ3) is 2.37. The molecule has 1 heterocycles. The maximum absolute atomic E-state index is 4.16. The van der Waals surface area contributed by atoms with E-state index < -0.39 is 0 Å². The lowest BCUT2D eigenvalue weighted by atomic mass is 10.5. The summed E-state index contributed by atoms with van der Waals surface area (Å²) in [6.07, 6.45) is 5.10. The zero-order chi connectivity index (χ0) is 6.53. The van der Waals surface area contributed by atoms with Gasteiger partial charge in [-0.15, -0.1) is 11.3 Å². The second-order valence-electron chi connectivity index (χ2n) is 1.67. The Hall–Kier alpha value is -0.0200. The molecule has 1 rings (SSSR count). The van der Waals surface area contributed by atoms with Crippen LogP contribution in [0.25, 0.3) is 0 Å². The highest BCUT2D eigenvalue weighted by molar-refractivity contribution is 7.98. The summed E-state index contributed by atoms with van der Waals surface area (Å²) in [6, 6.07) is 0. The highest BCUT2D eigenvalue weighted by Gasteiger charge is 1.91. The van der Waals surface area contributed by atoms with E-state index in [0.29, 0.717) is 0 Å². The Labute approximate surface area is 63.5 Å². The largest absolute Gasteiger partial charge is 0.250 e. The minimum absolute atomic E-state index is 1.12. The van der Waals surface area contributed by atoms with Crippen molar-refractivity contribution >= 4 is 23.1 Å². The lowest BCUT2D eigenvalue weighted by Gasteiger charge is -1.89. The highest BCUT2D eigenvalue weighted by Crippen LogP contribution is 2.06. The van der Waals surface area contributed by atoms with Crippen molar-refractivity contribution in [2.75, 3.05) is 12.0 Å². The van der Waals surface area contributed by atoms with Gasteiger partial charge in [0.2, 0.25) is 0 Å². The van der Waals surface area contributed by atoms with E-state index in [1.54, 1.807) is 11.3 Å². The monoisotopic (exact) mass is 159 g/mol. The molecule has 50 valence electrons. The SMILES string of the molecule is CSCCc1nccs1. The molecule has 0 saturated heterocycles. The van der Waals surface area contributed by atoms with Crippen LogP contribution >= 0.6 is 23.1 Å². The Bertz CT molecular complexity index is 148. The smallest absolute Gasteiger partial charge is 0.0933 e. The summed E-state index contributed by atoms with van der Waals surface area (Å²) in [6.45, 7) is 0. The minimum atomic E-state index is 1.12. The van der Waals surface area contributed by atoms with Crippen LogP contribution in [0.15, 0.2) is 11.6 Å². The van der Waals surface area contributed by atoms with Crippen molar-refractivity contribution in [3.8, 4) is 0 Å². The predicted molar refractivity (Wildman–Crippen MR) is 44.2 cm³/mol. The predicted octanol–water partition coefficient (Wildman–Crippen LogP) is 2.05. The number of aromatic nitrogens is 1. The van der Waals surface area contributed by atoms with Gasteiger partial charge in [-0.2, -0.15) is 11.8 Å². The summed E-state index contributed by atoms with van der Waals surface area (Å²) >= 11 is 3.60. The maximum atomic E-state index is 4.16. The molecule has 0 fully saturated rings. The van der Waals surface area contributed by atoms with Crippen LogP contribution < -0.4 is 0 Å². The third-order valence-corrected chi connectivity index (χ3v) is 2.46. The Morgan fingerprint density at radius 1 is 1.78 bits per heavy atom. The molecule has 0 unspecified atom stereocenters. The van der Waals surface area contributed by atoms with Gasteiger partial charge in [0, 0.05) is 18.0 Å². The third-order valence-electron chi connectivity index (χ3n) is 1.00. The summed E-state index contributed by atoms with van der Waals surface area (Å²) in [5.74, 6) is 1.19. The van der Waals surface area contributed by atoms with Crippen molar-refractivity contribution in [2.24, 2.45) is 0 Å². The van der Waals surface area contributed by atoms with Gasteiger partial charge in [-0.05, 0) is 12.0 Å². The topological polar surface area (TPSA) is 12.9 Å². The van der Waals surface area contributed by atoms with Crippen molar-refractivity contribution in [3.63, 3.8) is 0 Å². The zero-order valence-electron chi connectivity index (χ0n) is 5.33. The first-order chi connectivity index (χ1) is 4.43. The second-order valence-corrected chi connectivity index (χ2v) is 3.63. The van der Waals surface area contributed by atoms with Crippen molar-refractivity contribution in [3.05, 3.63) is 16.6 Å². The lowest BCUT2D eigenvalue weighted by Crippen LogP contribution is -1.84. The number of hydrogen-bond acceptors (Lipinski definition) is 3. The fourth-order valence-electron chi connectivity index (χ4n) is 0.566. The van der Waals surface area contributed by atoms with E-state index in [2.05, 4.69) is 11.2 Å². The molecular formula is C6H9NS2. The summed E-state index contributed by atoms with van der Waals surface area (Å²) < 4.78 is 0.